The third-order valence-electron chi connectivity index (χ3n) is 4.03. The van der Waals surface area contributed by atoms with Crippen molar-refractivity contribution in [2.45, 2.75) is 20.5 Å². The maximum Gasteiger partial charge on any atom is 0.265 e. The first-order chi connectivity index (χ1) is 11.6. The lowest BCUT2D eigenvalue weighted by molar-refractivity contribution is 0.103. The van der Waals surface area contributed by atoms with Crippen molar-refractivity contribution < 1.29 is 9.53 Å². The number of anilines is 1. The standard InChI is InChI=1S/C20H17NO2S/c1-12-7-13(2)9-15(8-12)21-20(22)18-10-14-11-23-17-6-4-3-5-16(17)19(14)24-18/h3-10H,11H2,1-2H3,(H,21,22). The number of para-hydroxylation sites is 1. The van der Waals surface area contributed by atoms with E-state index in [0.717, 1.165) is 38.6 Å². The van der Waals surface area contributed by atoms with Crippen molar-refractivity contribution >= 4 is 22.9 Å². The number of rotatable bonds is 2. The van der Waals surface area contributed by atoms with Crippen molar-refractivity contribution in [3.05, 3.63) is 70.1 Å². The maximum atomic E-state index is 12.6. The van der Waals surface area contributed by atoms with Crippen LogP contribution in [-0.4, -0.2) is 5.91 Å². The van der Waals surface area contributed by atoms with Gasteiger partial charge in [0, 0.05) is 21.7 Å². The van der Waals surface area contributed by atoms with Gasteiger partial charge in [-0.3, -0.25) is 4.79 Å². The highest BCUT2D eigenvalue weighted by Gasteiger charge is 2.22. The van der Waals surface area contributed by atoms with E-state index in [1.165, 1.54) is 11.3 Å². The van der Waals surface area contributed by atoms with E-state index < -0.39 is 0 Å². The Labute approximate surface area is 144 Å². The highest BCUT2D eigenvalue weighted by molar-refractivity contribution is 7.17. The summed E-state index contributed by atoms with van der Waals surface area (Å²) in [4.78, 5) is 14.5. The first-order valence-electron chi connectivity index (χ1n) is 7.85. The van der Waals surface area contributed by atoms with E-state index >= 15 is 0 Å². The predicted molar refractivity (Wildman–Crippen MR) is 98.0 cm³/mol. The molecule has 24 heavy (non-hydrogen) atoms. The minimum atomic E-state index is -0.0723. The molecule has 0 aliphatic carbocycles. The molecular weight excluding hydrogens is 318 g/mol. The number of ether oxygens (including phenoxy) is 1. The van der Waals surface area contributed by atoms with Gasteiger partial charge in [0.05, 0.1) is 4.88 Å². The van der Waals surface area contributed by atoms with Crippen LogP contribution in [0, 0.1) is 13.8 Å². The van der Waals surface area contributed by atoms with Gasteiger partial charge in [-0.1, -0.05) is 18.2 Å². The molecule has 0 saturated heterocycles. The predicted octanol–water partition coefficient (Wildman–Crippen LogP) is 5.18. The van der Waals surface area contributed by atoms with Crippen LogP contribution in [0.1, 0.15) is 26.4 Å². The molecule has 0 fully saturated rings. The number of carbonyl (C=O) groups is 1. The van der Waals surface area contributed by atoms with Gasteiger partial charge in [0.25, 0.3) is 5.91 Å². The Morgan fingerprint density at radius 1 is 1.08 bits per heavy atom. The number of benzene rings is 2. The van der Waals surface area contributed by atoms with Gasteiger partial charge in [0.1, 0.15) is 12.4 Å². The summed E-state index contributed by atoms with van der Waals surface area (Å²) in [6.07, 6.45) is 0. The number of hydrogen-bond acceptors (Lipinski definition) is 3. The van der Waals surface area contributed by atoms with Crippen LogP contribution in [0.2, 0.25) is 0 Å². The Morgan fingerprint density at radius 2 is 1.83 bits per heavy atom. The highest BCUT2D eigenvalue weighted by Crippen LogP contribution is 2.42. The molecule has 3 aromatic rings. The fraction of sp³-hybridized carbons (Fsp3) is 0.150. The molecule has 0 spiro atoms. The highest BCUT2D eigenvalue weighted by atomic mass is 32.1. The minimum Gasteiger partial charge on any atom is -0.488 e. The van der Waals surface area contributed by atoms with Crippen molar-refractivity contribution in [2.24, 2.45) is 0 Å². The SMILES string of the molecule is Cc1cc(C)cc(NC(=O)c2cc3c(s2)-c2ccccc2OC3)c1. The molecular formula is C20H17NO2S. The van der Waals surface area contributed by atoms with Crippen molar-refractivity contribution in [1.82, 2.24) is 0 Å². The smallest absolute Gasteiger partial charge is 0.265 e. The Bertz CT molecular complexity index is 922. The van der Waals surface area contributed by atoms with E-state index in [-0.39, 0.29) is 5.91 Å². The van der Waals surface area contributed by atoms with Crippen LogP contribution in [0.25, 0.3) is 10.4 Å². The molecule has 1 aliphatic rings. The molecule has 4 heteroatoms. The molecule has 0 radical (unpaired) electrons. The van der Waals surface area contributed by atoms with Crippen LogP contribution in [-0.2, 0) is 6.61 Å². The summed E-state index contributed by atoms with van der Waals surface area (Å²) in [7, 11) is 0. The fourth-order valence-electron chi connectivity index (χ4n) is 3.05. The number of fused-ring (bicyclic) bond motifs is 3. The third-order valence-corrected chi connectivity index (χ3v) is 5.24. The summed E-state index contributed by atoms with van der Waals surface area (Å²) >= 11 is 1.52. The van der Waals surface area contributed by atoms with Crippen molar-refractivity contribution in [3.8, 4) is 16.2 Å². The molecule has 1 amide bonds. The first-order valence-corrected chi connectivity index (χ1v) is 8.66. The largest absolute Gasteiger partial charge is 0.488 e. The second-order valence-corrected chi connectivity index (χ2v) is 7.13. The first kappa shape index (κ1) is 15.0. The Kier molecular flexibility index (Phi) is 3.62. The molecule has 1 aliphatic heterocycles. The van der Waals surface area contributed by atoms with Crippen molar-refractivity contribution in [2.75, 3.05) is 5.32 Å². The van der Waals surface area contributed by atoms with E-state index in [1.807, 2.05) is 56.3 Å². The topological polar surface area (TPSA) is 38.3 Å². The second kappa shape index (κ2) is 5.80. The molecule has 1 aromatic heterocycles. The monoisotopic (exact) mass is 335 g/mol. The second-order valence-electron chi connectivity index (χ2n) is 6.08. The van der Waals surface area contributed by atoms with Crippen LogP contribution in [0.3, 0.4) is 0 Å². The van der Waals surface area contributed by atoms with E-state index in [0.29, 0.717) is 11.5 Å². The van der Waals surface area contributed by atoms with Crippen LogP contribution in [0.15, 0.2) is 48.5 Å². The van der Waals surface area contributed by atoms with Gasteiger partial charge in [-0.25, -0.2) is 0 Å². The Morgan fingerprint density at radius 3 is 2.62 bits per heavy atom. The van der Waals surface area contributed by atoms with Gasteiger partial charge in [0.2, 0.25) is 0 Å². The zero-order valence-corrected chi connectivity index (χ0v) is 14.4. The molecule has 1 N–H and O–H groups in total. The van der Waals surface area contributed by atoms with E-state index in [2.05, 4.69) is 11.4 Å². The van der Waals surface area contributed by atoms with Crippen LogP contribution in [0.5, 0.6) is 5.75 Å². The molecule has 0 unspecified atom stereocenters. The fourth-order valence-corrected chi connectivity index (χ4v) is 4.14. The number of nitrogens with one attached hydrogen (secondary N) is 1. The molecule has 0 saturated carbocycles. The lowest BCUT2D eigenvalue weighted by Gasteiger charge is -2.16. The number of thiophene rings is 1. The Hall–Kier alpha value is -2.59. The van der Waals surface area contributed by atoms with Crippen LogP contribution >= 0.6 is 11.3 Å². The summed E-state index contributed by atoms with van der Waals surface area (Å²) in [6, 6.07) is 16.0. The van der Waals surface area contributed by atoms with E-state index in [4.69, 9.17) is 4.74 Å². The Balaban J connectivity index is 1.64. The van der Waals surface area contributed by atoms with E-state index in [9.17, 15) is 4.79 Å². The quantitative estimate of drug-likeness (QED) is 0.701. The average Bonchev–Trinajstić information content (AvgIpc) is 2.98. The van der Waals surface area contributed by atoms with Crippen molar-refractivity contribution in [1.29, 1.82) is 0 Å². The zero-order valence-electron chi connectivity index (χ0n) is 13.6. The molecule has 4 rings (SSSR count). The normalized spacial score (nSPS) is 12.1. The minimum absolute atomic E-state index is 0.0723. The molecule has 2 aromatic carbocycles. The average molecular weight is 335 g/mol. The van der Waals surface area contributed by atoms with Gasteiger partial charge in [-0.05, 0) is 55.3 Å². The lowest BCUT2D eigenvalue weighted by Crippen LogP contribution is -2.10. The summed E-state index contributed by atoms with van der Waals surface area (Å²) in [6.45, 7) is 4.57. The van der Waals surface area contributed by atoms with Gasteiger partial charge >= 0.3 is 0 Å². The van der Waals surface area contributed by atoms with Gasteiger partial charge in [0.15, 0.2) is 0 Å². The summed E-state index contributed by atoms with van der Waals surface area (Å²) in [5, 5.41) is 3.00. The number of amides is 1. The summed E-state index contributed by atoms with van der Waals surface area (Å²) in [5.41, 5.74) is 5.25. The lowest BCUT2D eigenvalue weighted by atomic mass is 10.1. The van der Waals surface area contributed by atoms with Gasteiger partial charge < -0.3 is 10.1 Å². The van der Waals surface area contributed by atoms with Gasteiger partial charge in [-0.2, -0.15) is 0 Å². The molecule has 0 atom stereocenters. The number of carbonyl (C=O) groups excluding carboxylic acids is 1. The summed E-state index contributed by atoms with van der Waals surface area (Å²) < 4.78 is 5.77. The van der Waals surface area contributed by atoms with E-state index in [1.54, 1.807) is 0 Å². The summed E-state index contributed by atoms with van der Waals surface area (Å²) in [5.74, 6) is 0.810. The van der Waals surface area contributed by atoms with Crippen LogP contribution < -0.4 is 10.1 Å². The third kappa shape index (κ3) is 2.69. The number of aryl methyl sites for hydroxylation is 2. The van der Waals surface area contributed by atoms with Gasteiger partial charge in [-0.15, -0.1) is 11.3 Å². The van der Waals surface area contributed by atoms with Crippen LogP contribution in [0.4, 0.5) is 5.69 Å². The molecule has 120 valence electrons. The molecule has 3 nitrogen and oxygen atoms in total. The zero-order chi connectivity index (χ0) is 16.7. The number of hydrogen-bond donors (Lipinski definition) is 1. The molecule has 0 bridgehead atoms. The maximum absolute atomic E-state index is 12.6. The molecule has 2 heterocycles. The van der Waals surface area contributed by atoms with Crippen molar-refractivity contribution in [3.63, 3.8) is 0 Å².